The molecular formula is C12H15N3O. The molecule has 0 radical (unpaired) electrons. The van der Waals surface area contributed by atoms with Crippen LogP contribution in [0.4, 0.5) is 5.82 Å². The second-order valence-electron chi connectivity index (χ2n) is 4.73. The topological polar surface area (TPSA) is 64.9 Å². The molecule has 4 heteroatoms. The molecule has 2 aromatic heterocycles. The van der Waals surface area contributed by atoms with Crippen molar-refractivity contribution >= 4 is 5.82 Å². The van der Waals surface area contributed by atoms with Crippen molar-refractivity contribution in [3.63, 3.8) is 0 Å². The molecule has 0 unspecified atom stereocenters. The summed E-state index contributed by atoms with van der Waals surface area (Å²) in [5.74, 6) is 1.64. The van der Waals surface area contributed by atoms with Gasteiger partial charge in [0.1, 0.15) is 5.82 Å². The molecule has 0 aromatic carbocycles. The van der Waals surface area contributed by atoms with E-state index < -0.39 is 0 Å². The van der Waals surface area contributed by atoms with Gasteiger partial charge >= 0.3 is 0 Å². The molecule has 4 nitrogen and oxygen atoms in total. The van der Waals surface area contributed by atoms with Crippen LogP contribution in [0.5, 0.6) is 0 Å². The normalized spacial score (nSPS) is 11.7. The zero-order valence-electron chi connectivity index (χ0n) is 9.69. The van der Waals surface area contributed by atoms with Gasteiger partial charge in [-0.15, -0.1) is 0 Å². The third kappa shape index (κ3) is 2.05. The molecule has 0 saturated carbocycles. The van der Waals surface area contributed by atoms with E-state index in [1.165, 1.54) is 0 Å². The number of hydrogen-bond donors (Lipinski definition) is 1. The van der Waals surface area contributed by atoms with Crippen LogP contribution in [0.3, 0.4) is 0 Å². The molecule has 16 heavy (non-hydrogen) atoms. The molecule has 0 bridgehead atoms. The summed E-state index contributed by atoms with van der Waals surface area (Å²) in [4.78, 5) is 8.63. The van der Waals surface area contributed by atoms with Gasteiger partial charge in [0, 0.05) is 11.5 Å². The van der Waals surface area contributed by atoms with Crippen LogP contribution in [0.25, 0.3) is 11.6 Å². The van der Waals surface area contributed by atoms with Crippen LogP contribution < -0.4 is 5.73 Å². The monoisotopic (exact) mass is 217 g/mol. The van der Waals surface area contributed by atoms with E-state index in [1.54, 1.807) is 18.4 Å². The van der Waals surface area contributed by atoms with E-state index in [0.29, 0.717) is 17.4 Å². The molecule has 2 heterocycles. The van der Waals surface area contributed by atoms with Crippen molar-refractivity contribution in [3.8, 4) is 11.6 Å². The lowest BCUT2D eigenvalue weighted by atomic mass is 9.92. The van der Waals surface area contributed by atoms with Crippen LogP contribution in [0.2, 0.25) is 0 Å². The summed E-state index contributed by atoms with van der Waals surface area (Å²) in [6.07, 6.45) is 1.60. The van der Waals surface area contributed by atoms with Crippen molar-refractivity contribution in [1.29, 1.82) is 0 Å². The van der Waals surface area contributed by atoms with Crippen LogP contribution >= 0.6 is 0 Å². The number of hydrogen-bond acceptors (Lipinski definition) is 4. The first-order chi connectivity index (χ1) is 7.47. The summed E-state index contributed by atoms with van der Waals surface area (Å²) in [6.45, 7) is 6.25. The average Bonchev–Trinajstić information content (AvgIpc) is 2.68. The Hall–Kier alpha value is -1.84. The molecule has 2 rings (SSSR count). The highest BCUT2D eigenvalue weighted by Crippen LogP contribution is 2.24. The van der Waals surface area contributed by atoms with Gasteiger partial charge in [-0.2, -0.15) is 0 Å². The first-order valence-corrected chi connectivity index (χ1v) is 5.16. The highest BCUT2D eigenvalue weighted by Gasteiger charge is 2.18. The second-order valence-corrected chi connectivity index (χ2v) is 4.73. The number of aromatic nitrogens is 2. The van der Waals surface area contributed by atoms with Gasteiger partial charge < -0.3 is 10.2 Å². The largest absolute Gasteiger partial charge is 0.461 e. The molecule has 0 aliphatic heterocycles. The van der Waals surface area contributed by atoms with Gasteiger partial charge in [0.25, 0.3) is 0 Å². The van der Waals surface area contributed by atoms with Crippen molar-refractivity contribution in [2.45, 2.75) is 26.2 Å². The van der Waals surface area contributed by atoms with Crippen LogP contribution in [-0.4, -0.2) is 9.97 Å². The van der Waals surface area contributed by atoms with Gasteiger partial charge in [0.2, 0.25) is 0 Å². The summed E-state index contributed by atoms with van der Waals surface area (Å²) in [7, 11) is 0. The maximum absolute atomic E-state index is 5.77. The van der Waals surface area contributed by atoms with Crippen molar-refractivity contribution in [1.82, 2.24) is 9.97 Å². The Morgan fingerprint density at radius 1 is 1.25 bits per heavy atom. The van der Waals surface area contributed by atoms with Gasteiger partial charge in [-0.05, 0) is 12.1 Å². The first-order valence-electron chi connectivity index (χ1n) is 5.16. The lowest BCUT2D eigenvalue weighted by Gasteiger charge is -2.18. The van der Waals surface area contributed by atoms with Crippen molar-refractivity contribution in [2.75, 3.05) is 5.73 Å². The molecular weight excluding hydrogens is 202 g/mol. The van der Waals surface area contributed by atoms with E-state index in [1.807, 2.05) is 6.07 Å². The fourth-order valence-electron chi connectivity index (χ4n) is 1.37. The minimum atomic E-state index is -0.0571. The first kappa shape index (κ1) is 10.7. The highest BCUT2D eigenvalue weighted by atomic mass is 16.3. The lowest BCUT2D eigenvalue weighted by molar-refractivity contribution is 0.557. The van der Waals surface area contributed by atoms with Crippen LogP contribution in [-0.2, 0) is 5.41 Å². The third-order valence-corrected chi connectivity index (χ3v) is 2.26. The minimum Gasteiger partial charge on any atom is -0.461 e. The zero-order valence-corrected chi connectivity index (χ0v) is 9.69. The summed E-state index contributed by atoms with van der Waals surface area (Å²) in [5, 5.41) is 0. The summed E-state index contributed by atoms with van der Waals surface area (Å²) >= 11 is 0. The van der Waals surface area contributed by atoms with E-state index in [2.05, 4.69) is 30.7 Å². The van der Waals surface area contributed by atoms with Gasteiger partial charge in [0.05, 0.1) is 12.0 Å². The number of furan rings is 1. The standard InChI is InChI=1S/C12H15N3O/c1-12(2,3)9-7-10(13)15-11(14-9)8-5-4-6-16-8/h4-7H,1-3H3,(H2,13,14,15). The van der Waals surface area contributed by atoms with Gasteiger partial charge in [0.15, 0.2) is 11.6 Å². The maximum atomic E-state index is 5.77. The molecule has 0 amide bonds. The van der Waals surface area contributed by atoms with Gasteiger partial charge in [-0.3, -0.25) is 0 Å². The fourth-order valence-corrected chi connectivity index (χ4v) is 1.37. The second kappa shape index (κ2) is 3.63. The number of rotatable bonds is 1. The van der Waals surface area contributed by atoms with Crippen molar-refractivity contribution in [3.05, 3.63) is 30.2 Å². The number of nitrogens with two attached hydrogens (primary N) is 1. The van der Waals surface area contributed by atoms with Crippen LogP contribution in [0.15, 0.2) is 28.9 Å². The van der Waals surface area contributed by atoms with E-state index >= 15 is 0 Å². The Bertz CT molecular complexity index is 483. The number of nitrogen functional groups attached to an aromatic ring is 1. The molecule has 2 aromatic rings. The molecule has 0 aliphatic carbocycles. The Morgan fingerprint density at radius 2 is 2.00 bits per heavy atom. The van der Waals surface area contributed by atoms with Gasteiger partial charge in [-0.25, -0.2) is 9.97 Å². The Labute approximate surface area is 94.5 Å². The highest BCUT2D eigenvalue weighted by molar-refractivity contribution is 5.50. The molecule has 0 aliphatic rings. The third-order valence-electron chi connectivity index (χ3n) is 2.26. The average molecular weight is 217 g/mol. The lowest BCUT2D eigenvalue weighted by Crippen LogP contribution is -2.15. The molecule has 84 valence electrons. The minimum absolute atomic E-state index is 0.0571. The number of anilines is 1. The summed E-state index contributed by atoms with van der Waals surface area (Å²) in [5.41, 5.74) is 6.62. The predicted octanol–water partition coefficient (Wildman–Crippen LogP) is 2.62. The van der Waals surface area contributed by atoms with Crippen molar-refractivity contribution in [2.24, 2.45) is 0 Å². The molecule has 0 atom stereocenters. The molecule has 2 N–H and O–H groups in total. The SMILES string of the molecule is CC(C)(C)c1cc(N)nc(-c2ccco2)n1. The van der Waals surface area contributed by atoms with E-state index in [-0.39, 0.29) is 5.41 Å². The van der Waals surface area contributed by atoms with Crippen molar-refractivity contribution < 1.29 is 4.42 Å². The summed E-state index contributed by atoms with van der Waals surface area (Å²) < 4.78 is 5.26. The summed E-state index contributed by atoms with van der Waals surface area (Å²) in [6, 6.07) is 5.42. The quantitative estimate of drug-likeness (QED) is 0.797. The fraction of sp³-hybridized carbons (Fsp3) is 0.333. The number of nitrogens with zero attached hydrogens (tertiary/aromatic N) is 2. The van der Waals surface area contributed by atoms with Crippen LogP contribution in [0.1, 0.15) is 26.5 Å². The van der Waals surface area contributed by atoms with Crippen LogP contribution in [0, 0.1) is 0 Å². The molecule has 0 fully saturated rings. The molecule has 0 saturated heterocycles. The maximum Gasteiger partial charge on any atom is 0.197 e. The zero-order chi connectivity index (χ0) is 11.8. The molecule has 0 spiro atoms. The smallest absolute Gasteiger partial charge is 0.197 e. The van der Waals surface area contributed by atoms with E-state index in [4.69, 9.17) is 10.2 Å². The van der Waals surface area contributed by atoms with E-state index in [9.17, 15) is 0 Å². The van der Waals surface area contributed by atoms with E-state index in [0.717, 1.165) is 5.69 Å². The van der Waals surface area contributed by atoms with Gasteiger partial charge in [-0.1, -0.05) is 20.8 Å². The Balaban J connectivity index is 2.53. The Kier molecular flexibility index (Phi) is 2.42. The predicted molar refractivity (Wildman–Crippen MR) is 62.8 cm³/mol. The Morgan fingerprint density at radius 3 is 2.56 bits per heavy atom.